The number of aliphatic hydroxyl groups is 1. The Morgan fingerprint density at radius 2 is 1.85 bits per heavy atom. The number of aliphatic hydroxyl groups excluding tert-OH is 1. The number of carbonyl (C=O) groups is 2. The van der Waals surface area contributed by atoms with Gasteiger partial charge in [0.05, 0.1) is 0 Å². The van der Waals surface area contributed by atoms with Crippen molar-refractivity contribution in [2.75, 3.05) is 6.61 Å². The maximum absolute atomic E-state index is 12.4. The maximum atomic E-state index is 12.4. The lowest BCUT2D eigenvalue weighted by molar-refractivity contribution is -0.130. The minimum absolute atomic E-state index is 0.0185. The molecule has 1 aliphatic carbocycles. The van der Waals surface area contributed by atoms with Crippen LogP contribution in [0.25, 0.3) is 0 Å². The van der Waals surface area contributed by atoms with E-state index in [0.717, 1.165) is 32.1 Å². The first-order chi connectivity index (χ1) is 9.45. The van der Waals surface area contributed by atoms with E-state index in [9.17, 15) is 14.7 Å². The number of amides is 2. The summed E-state index contributed by atoms with van der Waals surface area (Å²) >= 11 is 0. The smallest absolute Gasteiger partial charge is 0.243 e. The van der Waals surface area contributed by atoms with Gasteiger partial charge >= 0.3 is 0 Å². The second-order valence-corrected chi connectivity index (χ2v) is 6.12. The van der Waals surface area contributed by atoms with Gasteiger partial charge in [-0.15, -0.1) is 0 Å². The van der Waals surface area contributed by atoms with Crippen molar-refractivity contribution < 1.29 is 14.7 Å². The molecule has 0 heterocycles. The monoisotopic (exact) mass is 284 g/mol. The third-order valence-corrected chi connectivity index (χ3v) is 4.03. The van der Waals surface area contributed by atoms with Gasteiger partial charge in [0.15, 0.2) is 0 Å². The quantitative estimate of drug-likeness (QED) is 0.664. The van der Waals surface area contributed by atoms with Gasteiger partial charge in [-0.05, 0) is 18.8 Å². The molecule has 1 rings (SSSR count). The Kier molecular flexibility index (Phi) is 6.99. The number of hydrogen-bond acceptors (Lipinski definition) is 3. The Bertz CT molecular complexity index is 331. The topological polar surface area (TPSA) is 78.4 Å². The fourth-order valence-electron chi connectivity index (χ4n) is 2.82. The zero-order chi connectivity index (χ0) is 15.1. The van der Waals surface area contributed by atoms with E-state index in [1.54, 1.807) is 0 Å². The summed E-state index contributed by atoms with van der Waals surface area (Å²) in [6, 6.07) is -0.486. The van der Waals surface area contributed by atoms with Gasteiger partial charge in [0.2, 0.25) is 11.8 Å². The zero-order valence-corrected chi connectivity index (χ0v) is 12.8. The Morgan fingerprint density at radius 3 is 2.40 bits per heavy atom. The lowest BCUT2D eigenvalue weighted by Crippen LogP contribution is -2.53. The first-order valence-electron chi connectivity index (χ1n) is 7.64. The predicted octanol–water partition coefficient (Wildman–Crippen LogP) is 1.20. The summed E-state index contributed by atoms with van der Waals surface area (Å²) in [7, 11) is 0. The molecule has 0 radical (unpaired) electrons. The summed E-state index contributed by atoms with van der Waals surface area (Å²) < 4.78 is 0. The Morgan fingerprint density at radius 1 is 1.20 bits per heavy atom. The van der Waals surface area contributed by atoms with Crippen LogP contribution in [0.3, 0.4) is 0 Å². The molecule has 116 valence electrons. The summed E-state index contributed by atoms with van der Waals surface area (Å²) in [4.78, 5) is 23.6. The summed E-state index contributed by atoms with van der Waals surface area (Å²) in [6.07, 6.45) is 5.20. The number of carbonyl (C=O) groups excluding carboxylic acids is 2. The van der Waals surface area contributed by atoms with Crippen molar-refractivity contribution in [3.8, 4) is 0 Å². The highest BCUT2D eigenvalue weighted by molar-refractivity contribution is 5.87. The zero-order valence-electron chi connectivity index (χ0n) is 12.8. The predicted molar refractivity (Wildman–Crippen MR) is 78.0 cm³/mol. The van der Waals surface area contributed by atoms with Crippen molar-refractivity contribution in [3.63, 3.8) is 0 Å². The van der Waals surface area contributed by atoms with Crippen molar-refractivity contribution in [1.82, 2.24) is 10.6 Å². The van der Waals surface area contributed by atoms with Crippen LogP contribution in [0.15, 0.2) is 0 Å². The maximum Gasteiger partial charge on any atom is 0.243 e. The molecule has 1 aliphatic rings. The molecular weight excluding hydrogens is 256 g/mol. The number of nitrogens with one attached hydrogen (secondary N) is 2. The molecule has 20 heavy (non-hydrogen) atoms. The highest BCUT2D eigenvalue weighted by Gasteiger charge is 2.29. The standard InChI is InChI=1S/C15H28N2O3/c1-10(2)14(16-11(3)19)15(20)17-13-8-6-4-5-7-12(13)9-18/h10,12-14,18H,4-9H2,1-3H3,(H,16,19)(H,17,20). The molecule has 5 heteroatoms. The molecule has 5 nitrogen and oxygen atoms in total. The first kappa shape index (κ1) is 17.0. The lowest BCUT2D eigenvalue weighted by atomic mass is 9.94. The van der Waals surface area contributed by atoms with Crippen LogP contribution in [0.4, 0.5) is 0 Å². The van der Waals surface area contributed by atoms with E-state index >= 15 is 0 Å². The highest BCUT2D eigenvalue weighted by atomic mass is 16.3. The summed E-state index contributed by atoms with van der Waals surface area (Å²) in [5.41, 5.74) is 0. The van der Waals surface area contributed by atoms with Gasteiger partial charge < -0.3 is 15.7 Å². The summed E-state index contributed by atoms with van der Waals surface area (Å²) in [5, 5.41) is 15.2. The molecule has 0 spiro atoms. The van der Waals surface area contributed by atoms with E-state index in [1.807, 2.05) is 13.8 Å². The van der Waals surface area contributed by atoms with Crippen LogP contribution in [-0.2, 0) is 9.59 Å². The SMILES string of the molecule is CC(=O)NC(C(=O)NC1CCCCCC1CO)C(C)C. The van der Waals surface area contributed by atoms with Crippen LogP contribution < -0.4 is 10.6 Å². The lowest BCUT2D eigenvalue weighted by Gasteiger charge is -2.28. The van der Waals surface area contributed by atoms with Crippen LogP contribution in [0, 0.1) is 11.8 Å². The second-order valence-electron chi connectivity index (χ2n) is 6.12. The van der Waals surface area contributed by atoms with Crippen LogP contribution in [0.5, 0.6) is 0 Å². The summed E-state index contributed by atoms with van der Waals surface area (Å²) in [5.74, 6) is -0.164. The number of hydrogen-bond donors (Lipinski definition) is 3. The van der Waals surface area contributed by atoms with Crippen LogP contribution in [0.2, 0.25) is 0 Å². The summed E-state index contributed by atoms with van der Waals surface area (Å²) in [6.45, 7) is 5.36. The molecule has 3 atom stereocenters. The van der Waals surface area contributed by atoms with E-state index in [1.165, 1.54) is 6.92 Å². The molecule has 0 saturated heterocycles. The van der Waals surface area contributed by atoms with Gasteiger partial charge in [0.25, 0.3) is 0 Å². The highest BCUT2D eigenvalue weighted by Crippen LogP contribution is 2.23. The van der Waals surface area contributed by atoms with Gasteiger partial charge in [-0.2, -0.15) is 0 Å². The molecule has 0 aromatic rings. The molecule has 1 saturated carbocycles. The minimum atomic E-state index is -0.505. The third kappa shape index (κ3) is 5.12. The normalized spacial score (nSPS) is 24.9. The molecule has 0 aliphatic heterocycles. The van der Waals surface area contributed by atoms with E-state index in [4.69, 9.17) is 0 Å². The van der Waals surface area contributed by atoms with Crippen LogP contribution in [-0.4, -0.2) is 35.6 Å². The third-order valence-electron chi connectivity index (χ3n) is 4.03. The number of rotatable bonds is 5. The molecule has 1 fully saturated rings. The van der Waals surface area contributed by atoms with Gasteiger partial charge in [-0.1, -0.05) is 33.1 Å². The van der Waals surface area contributed by atoms with Crippen molar-refractivity contribution >= 4 is 11.8 Å². The van der Waals surface area contributed by atoms with Crippen LogP contribution >= 0.6 is 0 Å². The average molecular weight is 284 g/mol. The van der Waals surface area contributed by atoms with E-state index < -0.39 is 6.04 Å². The van der Waals surface area contributed by atoms with E-state index in [2.05, 4.69) is 10.6 Å². The molecular formula is C15H28N2O3. The molecule has 0 bridgehead atoms. The van der Waals surface area contributed by atoms with Crippen molar-refractivity contribution in [1.29, 1.82) is 0 Å². The molecule has 2 amide bonds. The van der Waals surface area contributed by atoms with Crippen molar-refractivity contribution in [2.45, 2.75) is 65.0 Å². The van der Waals surface area contributed by atoms with E-state index in [0.29, 0.717) is 0 Å². The first-order valence-corrected chi connectivity index (χ1v) is 7.64. The molecule has 3 unspecified atom stereocenters. The molecule has 0 aromatic heterocycles. The van der Waals surface area contributed by atoms with Crippen molar-refractivity contribution in [2.24, 2.45) is 11.8 Å². The average Bonchev–Trinajstić information content (AvgIpc) is 2.60. The van der Waals surface area contributed by atoms with Crippen molar-refractivity contribution in [3.05, 3.63) is 0 Å². The van der Waals surface area contributed by atoms with Crippen LogP contribution in [0.1, 0.15) is 52.9 Å². The fraction of sp³-hybridized carbons (Fsp3) is 0.867. The van der Waals surface area contributed by atoms with Gasteiger partial charge in [-0.3, -0.25) is 9.59 Å². The Balaban J connectivity index is 2.66. The molecule has 3 N–H and O–H groups in total. The van der Waals surface area contributed by atoms with E-state index in [-0.39, 0.29) is 36.3 Å². The Hall–Kier alpha value is -1.10. The largest absolute Gasteiger partial charge is 0.396 e. The van der Waals surface area contributed by atoms with Gasteiger partial charge in [0.1, 0.15) is 6.04 Å². The van der Waals surface area contributed by atoms with Gasteiger partial charge in [-0.25, -0.2) is 0 Å². The van der Waals surface area contributed by atoms with Gasteiger partial charge in [0, 0.05) is 25.5 Å². The second kappa shape index (κ2) is 8.25. The fourth-order valence-corrected chi connectivity index (χ4v) is 2.82. The molecule has 0 aromatic carbocycles. The minimum Gasteiger partial charge on any atom is -0.396 e. The Labute approximate surface area is 121 Å².